The van der Waals surface area contributed by atoms with Crippen molar-refractivity contribution in [3.8, 4) is 0 Å². The SMILES string of the molecule is CCSc1ccc(C(=O)N(CC2CCCO2)c2nc3ccc(Cl)cc3s2)cc1. The number of ether oxygens (including phenoxy) is 1. The van der Waals surface area contributed by atoms with Crippen LogP contribution in [0.25, 0.3) is 10.2 Å². The van der Waals surface area contributed by atoms with Gasteiger partial charge in [-0.3, -0.25) is 9.69 Å². The molecule has 0 spiro atoms. The van der Waals surface area contributed by atoms with Crippen LogP contribution >= 0.6 is 34.7 Å². The highest BCUT2D eigenvalue weighted by Crippen LogP contribution is 2.32. The number of rotatable bonds is 6. The molecule has 0 N–H and O–H groups in total. The number of halogens is 1. The Labute approximate surface area is 177 Å². The maximum absolute atomic E-state index is 13.4. The Balaban J connectivity index is 1.66. The van der Waals surface area contributed by atoms with E-state index in [2.05, 4.69) is 6.92 Å². The molecule has 1 aromatic heterocycles. The van der Waals surface area contributed by atoms with E-state index in [-0.39, 0.29) is 12.0 Å². The summed E-state index contributed by atoms with van der Waals surface area (Å²) in [6, 6.07) is 13.4. The first-order valence-electron chi connectivity index (χ1n) is 9.36. The largest absolute Gasteiger partial charge is 0.376 e. The summed E-state index contributed by atoms with van der Waals surface area (Å²) in [4.78, 5) is 21.0. The summed E-state index contributed by atoms with van der Waals surface area (Å²) < 4.78 is 6.77. The molecule has 1 amide bonds. The van der Waals surface area contributed by atoms with Gasteiger partial charge in [-0.1, -0.05) is 29.9 Å². The minimum atomic E-state index is -0.0475. The van der Waals surface area contributed by atoms with Crippen LogP contribution in [0.3, 0.4) is 0 Å². The molecule has 1 unspecified atom stereocenters. The highest BCUT2D eigenvalue weighted by molar-refractivity contribution is 7.99. The lowest BCUT2D eigenvalue weighted by molar-refractivity contribution is 0.0917. The van der Waals surface area contributed by atoms with E-state index in [0.717, 1.165) is 35.4 Å². The van der Waals surface area contributed by atoms with Crippen molar-refractivity contribution in [1.82, 2.24) is 4.98 Å². The number of aromatic nitrogens is 1. The number of benzene rings is 2. The van der Waals surface area contributed by atoms with E-state index in [1.165, 1.54) is 16.2 Å². The molecule has 3 aromatic rings. The fourth-order valence-corrected chi connectivity index (χ4v) is 5.17. The summed E-state index contributed by atoms with van der Waals surface area (Å²) in [5.41, 5.74) is 1.51. The van der Waals surface area contributed by atoms with Crippen LogP contribution in [0.5, 0.6) is 0 Å². The van der Waals surface area contributed by atoms with Crippen LogP contribution in [0.1, 0.15) is 30.1 Å². The van der Waals surface area contributed by atoms with Crippen LogP contribution in [-0.4, -0.2) is 35.9 Å². The summed E-state index contributed by atoms with van der Waals surface area (Å²) in [5, 5.41) is 1.36. The summed E-state index contributed by atoms with van der Waals surface area (Å²) >= 11 is 9.37. The summed E-state index contributed by atoms with van der Waals surface area (Å²) in [6.45, 7) is 3.38. The predicted molar refractivity (Wildman–Crippen MR) is 118 cm³/mol. The van der Waals surface area contributed by atoms with Crippen LogP contribution in [0.2, 0.25) is 5.02 Å². The molecule has 146 valence electrons. The van der Waals surface area contributed by atoms with E-state index in [1.54, 1.807) is 16.7 Å². The van der Waals surface area contributed by atoms with Gasteiger partial charge in [-0.05, 0) is 61.1 Å². The molecule has 0 saturated carbocycles. The maximum atomic E-state index is 13.4. The second-order valence-corrected chi connectivity index (χ2v) is 9.40. The van der Waals surface area contributed by atoms with E-state index in [4.69, 9.17) is 21.3 Å². The zero-order chi connectivity index (χ0) is 19.5. The third-order valence-corrected chi connectivity index (χ3v) is 6.81. The molecule has 4 rings (SSSR count). The average molecular weight is 433 g/mol. The van der Waals surface area contributed by atoms with Crippen LogP contribution in [-0.2, 0) is 4.74 Å². The van der Waals surface area contributed by atoms with Crippen molar-refractivity contribution in [1.29, 1.82) is 0 Å². The molecule has 2 heterocycles. The predicted octanol–water partition coefficient (Wildman–Crippen LogP) is 5.89. The number of thioether (sulfide) groups is 1. The number of hydrogen-bond acceptors (Lipinski definition) is 5. The molecule has 0 aliphatic carbocycles. The zero-order valence-electron chi connectivity index (χ0n) is 15.6. The Morgan fingerprint density at radius 2 is 2.14 bits per heavy atom. The van der Waals surface area contributed by atoms with Gasteiger partial charge in [0, 0.05) is 22.1 Å². The molecular formula is C21H21ClN2O2S2. The van der Waals surface area contributed by atoms with Gasteiger partial charge >= 0.3 is 0 Å². The third kappa shape index (κ3) is 4.35. The number of fused-ring (bicyclic) bond motifs is 1. The van der Waals surface area contributed by atoms with Crippen molar-refractivity contribution in [2.75, 3.05) is 23.8 Å². The number of carbonyl (C=O) groups is 1. The minimum Gasteiger partial charge on any atom is -0.376 e. The number of carbonyl (C=O) groups excluding carboxylic acids is 1. The second-order valence-electron chi connectivity index (χ2n) is 6.62. The minimum absolute atomic E-state index is 0.0475. The van der Waals surface area contributed by atoms with Gasteiger partial charge in [-0.25, -0.2) is 4.98 Å². The maximum Gasteiger partial charge on any atom is 0.260 e. The van der Waals surface area contributed by atoms with Gasteiger partial charge in [0.25, 0.3) is 5.91 Å². The first-order chi connectivity index (χ1) is 13.6. The Morgan fingerprint density at radius 1 is 1.32 bits per heavy atom. The van der Waals surface area contributed by atoms with Gasteiger partial charge in [-0.2, -0.15) is 0 Å². The highest BCUT2D eigenvalue weighted by Gasteiger charge is 2.27. The van der Waals surface area contributed by atoms with Crippen molar-refractivity contribution >= 4 is 56.0 Å². The summed E-state index contributed by atoms with van der Waals surface area (Å²) in [6.07, 6.45) is 2.05. The van der Waals surface area contributed by atoms with E-state index in [1.807, 2.05) is 42.5 Å². The lowest BCUT2D eigenvalue weighted by atomic mass is 10.2. The Kier molecular flexibility index (Phi) is 6.21. The molecule has 1 aliphatic heterocycles. The lowest BCUT2D eigenvalue weighted by Gasteiger charge is -2.23. The molecule has 0 bridgehead atoms. The summed E-state index contributed by atoms with van der Waals surface area (Å²) in [5.74, 6) is 0.959. The van der Waals surface area contributed by atoms with Crippen molar-refractivity contribution in [3.05, 3.63) is 53.1 Å². The van der Waals surface area contributed by atoms with Crippen LogP contribution in [0.15, 0.2) is 47.4 Å². The molecule has 1 saturated heterocycles. The third-order valence-electron chi connectivity index (χ3n) is 4.64. The van der Waals surface area contributed by atoms with Crippen LogP contribution in [0.4, 0.5) is 5.13 Å². The summed E-state index contributed by atoms with van der Waals surface area (Å²) in [7, 11) is 0. The van der Waals surface area contributed by atoms with Crippen LogP contribution < -0.4 is 4.90 Å². The molecular weight excluding hydrogens is 412 g/mol. The van der Waals surface area contributed by atoms with Gasteiger partial charge in [0.1, 0.15) is 0 Å². The number of anilines is 1. The molecule has 0 radical (unpaired) electrons. The van der Waals surface area contributed by atoms with Gasteiger partial charge in [0.15, 0.2) is 5.13 Å². The fourth-order valence-electron chi connectivity index (χ4n) is 3.26. The lowest BCUT2D eigenvalue weighted by Crippen LogP contribution is -2.37. The fraction of sp³-hybridized carbons (Fsp3) is 0.333. The number of hydrogen-bond donors (Lipinski definition) is 0. The second kappa shape index (κ2) is 8.82. The average Bonchev–Trinajstić information content (AvgIpc) is 3.35. The van der Waals surface area contributed by atoms with E-state index >= 15 is 0 Å². The molecule has 1 fully saturated rings. The first kappa shape index (κ1) is 19.7. The van der Waals surface area contributed by atoms with E-state index < -0.39 is 0 Å². The zero-order valence-corrected chi connectivity index (χ0v) is 17.9. The molecule has 28 heavy (non-hydrogen) atoms. The van der Waals surface area contributed by atoms with Crippen molar-refractivity contribution < 1.29 is 9.53 Å². The Morgan fingerprint density at radius 3 is 2.86 bits per heavy atom. The monoisotopic (exact) mass is 432 g/mol. The Bertz CT molecular complexity index is 968. The van der Waals surface area contributed by atoms with Gasteiger partial charge in [-0.15, -0.1) is 11.8 Å². The number of nitrogens with zero attached hydrogens (tertiary/aromatic N) is 2. The normalized spacial score (nSPS) is 16.6. The highest BCUT2D eigenvalue weighted by atomic mass is 35.5. The smallest absolute Gasteiger partial charge is 0.260 e. The van der Waals surface area contributed by atoms with Gasteiger partial charge < -0.3 is 4.74 Å². The standard InChI is InChI=1S/C21H21ClN2O2S2/c1-2-27-17-8-5-14(6-9-17)20(25)24(13-16-4-3-11-26-16)21-23-18-10-7-15(22)12-19(18)28-21/h5-10,12,16H,2-4,11,13H2,1H3. The van der Waals surface area contributed by atoms with Crippen molar-refractivity contribution in [2.45, 2.75) is 30.8 Å². The van der Waals surface area contributed by atoms with Crippen molar-refractivity contribution in [3.63, 3.8) is 0 Å². The van der Waals surface area contributed by atoms with E-state index in [0.29, 0.717) is 22.3 Å². The van der Waals surface area contributed by atoms with Crippen molar-refractivity contribution in [2.24, 2.45) is 0 Å². The van der Waals surface area contributed by atoms with Gasteiger partial charge in [0.2, 0.25) is 0 Å². The molecule has 2 aromatic carbocycles. The topological polar surface area (TPSA) is 42.4 Å². The molecule has 1 atom stereocenters. The number of amides is 1. The molecule has 4 nitrogen and oxygen atoms in total. The first-order valence-corrected chi connectivity index (χ1v) is 11.5. The van der Waals surface area contributed by atoms with Crippen LogP contribution in [0, 0.1) is 0 Å². The van der Waals surface area contributed by atoms with E-state index in [9.17, 15) is 4.79 Å². The Hall–Kier alpha value is -1.60. The molecule has 7 heteroatoms. The number of thiazole rings is 1. The van der Waals surface area contributed by atoms with Gasteiger partial charge in [0.05, 0.1) is 22.9 Å². The quantitative estimate of drug-likeness (QED) is 0.455. The molecule has 1 aliphatic rings.